The average Bonchev–Trinajstić information content (AvgIpc) is 2.64. The number of fused-ring (bicyclic) bond motifs is 5. The molecule has 0 fully saturated rings. The number of aryl methyl sites for hydroxylation is 2. The Bertz CT molecular complexity index is 867. The van der Waals surface area contributed by atoms with Gasteiger partial charge in [-0.05, 0) is 48.2 Å². The van der Waals surface area contributed by atoms with Gasteiger partial charge >= 0.3 is 0 Å². The summed E-state index contributed by atoms with van der Waals surface area (Å²) in [6.07, 6.45) is 3.57. The topological polar surface area (TPSA) is 76.0 Å². The number of carbonyl (C=O) groups is 1. The summed E-state index contributed by atoms with van der Waals surface area (Å²) < 4.78 is 10.7. The summed E-state index contributed by atoms with van der Waals surface area (Å²) in [6.45, 7) is 0. The monoisotopic (exact) mass is 354 g/mol. The van der Waals surface area contributed by atoms with Gasteiger partial charge < -0.3 is 19.7 Å². The predicted molar refractivity (Wildman–Crippen MR) is 98.5 cm³/mol. The summed E-state index contributed by atoms with van der Waals surface area (Å²) in [5.74, 6) is 1.01. The van der Waals surface area contributed by atoms with Crippen LogP contribution in [0.5, 0.6) is 17.2 Å². The van der Waals surface area contributed by atoms with E-state index >= 15 is 0 Å². The highest BCUT2D eigenvalue weighted by atomic mass is 16.5. The molecular formula is C21H22O5. The molecule has 2 N–H and O–H groups in total. The maximum absolute atomic E-state index is 12.2. The van der Waals surface area contributed by atoms with Crippen LogP contribution in [0.15, 0.2) is 42.2 Å². The maximum Gasteiger partial charge on any atom is 0.168 e. The number of methoxy groups -OCH3 is 2. The molecule has 0 saturated carbocycles. The first kappa shape index (κ1) is 17.9. The minimum absolute atomic E-state index is 0.0137. The lowest BCUT2D eigenvalue weighted by Crippen LogP contribution is -2.00. The van der Waals surface area contributed by atoms with E-state index in [1.54, 1.807) is 25.3 Å². The zero-order chi connectivity index (χ0) is 18.7. The normalized spacial score (nSPS) is 16.5. The zero-order valence-electron chi connectivity index (χ0n) is 14.9. The Balaban J connectivity index is 2.17. The van der Waals surface area contributed by atoms with Crippen LogP contribution in [0.1, 0.15) is 24.0 Å². The molecule has 0 atom stereocenters. The van der Waals surface area contributed by atoms with Crippen molar-refractivity contribution in [3.63, 3.8) is 0 Å². The number of rotatable bonds is 2. The Kier molecular flexibility index (Phi) is 5.16. The molecule has 0 saturated heterocycles. The molecule has 26 heavy (non-hydrogen) atoms. The number of ketones is 1. The Hall–Kier alpha value is -2.95. The van der Waals surface area contributed by atoms with Gasteiger partial charge in [0.25, 0.3) is 0 Å². The van der Waals surface area contributed by atoms with Crippen LogP contribution in [-0.4, -0.2) is 30.2 Å². The van der Waals surface area contributed by atoms with Crippen LogP contribution in [0.4, 0.5) is 0 Å². The van der Waals surface area contributed by atoms with E-state index in [4.69, 9.17) is 9.47 Å². The molecule has 3 rings (SSSR count). The van der Waals surface area contributed by atoms with Crippen LogP contribution in [0, 0.1) is 0 Å². The van der Waals surface area contributed by atoms with Crippen LogP contribution in [-0.2, 0) is 22.4 Å². The average molecular weight is 354 g/mol. The quantitative estimate of drug-likeness (QED) is 0.859. The number of hydrogen-bond acceptors (Lipinski definition) is 5. The second kappa shape index (κ2) is 7.52. The number of ether oxygens (including phenoxy) is 2. The van der Waals surface area contributed by atoms with E-state index < -0.39 is 0 Å². The fraction of sp³-hybridized carbons (Fsp3) is 0.286. The first-order valence-electron chi connectivity index (χ1n) is 8.51. The maximum atomic E-state index is 12.2. The van der Waals surface area contributed by atoms with Crippen molar-refractivity contribution in [1.29, 1.82) is 0 Å². The molecule has 1 aliphatic rings. The van der Waals surface area contributed by atoms with Crippen molar-refractivity contribution >= 4 is 5.78 Å². The molecule has 0 amide bonds. The largest absolute Gasteiger partial charge is 0.507 e. The second-order valence-corrected chi connectivity index (χ2v) is 6.33. The van der Waals surface area contributed by atoms with Crippen molar-refractivity contribution in [3.8, 4) is 28.4 Å². The van der Waals surface area contributed by atoms with E-state index in [-0.39, 0.29) is 17.3 Å². The Morgan fingerprint density at radius 2 is 1.54 bits per heavy atom. The summed E-state index contributed by atoms with van der Waals surface area (Å²) in [5, 5.41) is 20.7. The van der Waals surface area contributed by atoms with Gasteiger partial charge in [0.05, 0.1) is 20.0 Å². The van der Waals surface area contributed by atoms with Gasteiger partial charge in [0.15, 0.2) is 17.3 Å². The van der Waals surface area contributed by atoms with E-state index in [1.807, 2.05) is 18.2 Å². The third-order valence-corrected chi connectivity index (χ3v) is 4.59. The van der Waals surface area contributed by atoms with Gasteiger partial charge in [-0.15, -0.1) is 0 Å². The molecular weight excluding hydrogens is 332 g/mol. The molecule has 136 valence electrons. The Morgan fingerprint density at radius 1 is 0.808 bits per heavy atom. The highest BCUT2D eigenvalue weighted by Gasteiger charge is 2.17. The van der Waals surface area contributed by atoms with Crippen molar-refractivity contribution in [1.82, 2.24) is 0 Å². The van der Waals surface area contributed by atoms with E-state index in [9.17, 15) is 15.0 Å². The lowest BCUT2D eigenvalue weighted by molar-refractivity contribution is -0.114. The molecule has 0 radical (unpaired) electrons. The minimum atomic E-state index is -0.0208. The summed E-state index contributed by atoms with van der Waals surface area (Å²) in [5.41, 5.74) is 2.97. The zero-order valence-corrected chi connectivity index (χ0v) is 14.9. The smallest absolute Gasteiger partial charge is 0.168 e. The van der Waals surface area contributed by atoms with Gasteiger partial charge in [0.1, 0.15) is 5.75 Å². The molecule has 2 aromatic rings. The number of allylic oxidation sites excluding steroid dienone is 2. The predicted octanol–water partition coefficient (Wildman–Crippen LogP) is 3.75. The summed E-state index contributed by atoms with van der Waals surface area (Å²) >= 11 is 0. The van der Waals surface area contributed by atoms with Crippen molar-refractivity contribution < 1.29 is 24.5 Å². The van der Waals surface area contributed by atoms with E-state index in [1.165, 1.54) is 7.11 Å². The summed E-state index contributed by atoms with van der Waals surface area (Å²) in [6, 6.07) is 8.79. The van der Waals surface area contributed by atoms with Gasteiger partial charge in [-0.2, -0.15) is 0 Å². The molecule has 1 aliphatic carbocycles. The highest BCUT2D eigenvalue weighted by molar-refractivity contribution is 5.90. The third kappa shape index (κ3) is 3.67. The van der Waals surface area contributed by atoms with Gasteiger partial charge in [0.2, 0.25) is 0 Å². The first-order chi connectivity index (χ1) is 12.5. The number of carbonyl (C=O) groups excluding carboxylic acids is 1. The van der Waals surface area contributed by atoms with Crippen molar-refractivity contribution in [3.05, 3.63) is 53.3 Å². The lowest BCUT2D eigenvalue weighted by Gasteiger charge is -2.15. The van der Waals surface area contributed by atoms with E-state index in [0.29, 0.717) is 48.3 Å². The van der Waals surface area contributed by atoms with Crippen LogP contribution in [0.3, 0.4) is 0 Å². The first-order valence-corrected chi connectivity index (χ1v) is 8.51. The summed E-state index contributed by atoms with van der Waals surface area (Å²) in [7, 11) is 3.04. The van der Waals surface area contributed by atoms with Gasteiger partial charge in [-0.3, -0.25) is 4.79 Å². The molecule has 0 heterocycles. The molecule has 0 unspecified atom stereocenters. The van der Waals surface area contributed by atoms with E-state index in [2.05, 4.69) is 0 Å². The second-order valence-electron chi connectivity index (χ2n) is 6.33. The van der Waals surface area contributed by atoms with Crippen LogP contribution in [0.2, 0.25) is 0 Å². The van der Waals surface area contributed by atoms with Crippen LogP contribution >= 0.6 is 0 Å². The summed E-state index contributed by atoms with van der Waals surface area (Å²) in [4.78, 5) is 12.2. The molecule has 5 nitrogen and oxygen atoms in total. The standard InChI is InChI=1S/C21H22O5/c1-25-16-7-4-13-5-8-19(23)17(9-13)18-10-14(3-6-15(22)12-16)11-20(24)21(18)26-2/h5,8-12,23-24H,3-4,6-7H2,1-2H3/b16-12+. The fourth-order valence-electron chi connectivity index (χ4n) is 3.21. The number of hydrogen-bond donors (Lipinski definition) is 2. The van der Waals surface area contributed by atoms with Crippen molar-refractivity contribution in [2.75, 3.05) is 14.2 Å². The number of phenolic OH excluding ortho intramolecular Hbond substituents is 2. The van der Waals surface area contributed by atoms with Crippen molar-refractivity contribution in [2.45, 2.75) is 25.7 Å². The number of phenols is 2. The Morgan fingerprint density at radius 3 is 2.27 bits per heavy atom. The lowest BCUT2D eigenvalue weighted by atomic mass is 9.96. The van der Waals surface area contributed by atoms with Gasteiger partial charge in [-0.1, -0.05) is 6.07 Å². The number of benzene rings is 2. The van der Waals surface area contributed by atoms with Crippen molar-refractivity contribution in [2.24, 2.45) is 0 Å². The molecule has 5 heteroatoms. The fourth-order valence-corrected chi connectivity index (χ4v) is 3.21. The molecule has 0 aromatic heterocycles. The minimum Gasteiger partial charge on any atom is -0.507 e. The molecule has 0 spiro atoms. The molecule has 4 bridgehead atoms. The third-order valence-electron chi connectivity index (χ3n) is 4.59. The van der Waals surface area contributed by atoms with E-state index in [0.717, 1.165) is 11.1 Å². The van der Waals surface area contributed by atoms with Crippen LogP contribution in [0.25, 0.3) is 11.1 Å². The molecule has 0 aliphatic heterocycles. The van der Waals surface area contributed by atoms with Gasteiger partial charge in [-0.25, -0.2) is 0 Å². The highest BCUT2D eigenvalue weighted by Crippen LogP contribution is 2.42. The van der Waals surface area contributed by atoms with Crippen LogP contribution < -0.4 is 4.74 Å². The SMILES string of the molecule is CO/C1=C/C(=O)CCc2cc(O)c(OC)c(c2)-c2cc(ccc2O)CC1. The number of aromatic hydroxyl groups is 2. The van der Waals surface area contributed by atoms with Gasteiger partial charge in [0, 0.05) is 30.0 Å². The Labute approximate surface area is 152 Å². The molecule has 2 aromatic carbocycles.